The molecule has 0 saturated heterocycles. The van der Waals surface area contributed by atoms with Gasteiger partial charge in [-0.1, -0.05) is 12.1 Å². The molecule has 0 amide bonds. The van der Waals surface area contributed by atoms with Gasteiger partial charge in [0.1, 0.15) is 5.01 Å². The fourth-order valence-electron chi connectivity index (χ4n) is 1.50. The molecule has 1 aromatic heterocycles. The summed E-state index contributed by atoms with van der Waals surface area (Å²) in [6.45, 7) is 0.736. The number of aromatic nitrogens is 1. The number of hydrogen-bond donors (Lipinski definition) is 1. The quantitative estimate of drug-likeness (QED) is 0.859. The van der Waals surface area contributed by atoms with E-state index in [-0.39, 0.29) is 16.7 Å². The van der Waals surface area contributed by atoms with Gasteiger partial charge in [0, 0.05) is 28.1 Å². The molecule has 7 heteroatoms. The van der Waals surface area contributed by atoms with Crippen LogP contribution in [-0.4, -0.2) is 17.5 Å². The molecule has 0 unspecified atom stereocenters. The first-order valence-electron chi connectivity index (χ1n) is 5.43. The molecule has 19 heavy (non-hydrogen) atoms. The van der Waals surface area contributed by atoms with E-state index in [4.69, 9.17) is 0 Å². The van der Waals surface area contributed by atoms with Gasteiger partial charge >= 0.3 is 5.51 Å². The summed E-state index contributed by atoms with van der Waals surface area (Å²) in [5.74, 6) is 0. The highest BCUT2D eigenvalue weighted by Crippen LogP contribution is 2.37. The van der Waals surface area contributed by atoms with Crippen molar-refractivity contribution >= 4 is 23.1 Å². The van der Waals surface area contributed by atoms with Gasteiger partial charge in [0.15, 0.2) is 0 Å². The normalized spacial score (nSPS) is 11.8. The summed E-state index contributed by atoms with van der Waals surface area (Å²) in [6.07, 6.45) is 1.77. The Balaban J connectivity index is 2.13. The fourth-order valence-corrected chi connectivity index (χ4v) is 2.97. The molecule has 0 radical (unpaired) electrons. The highest BCUT2D eigenvalue weighted by Gasteiger charge is 2.29. The number of thioether (sulfide) groups is 1. The van der Waals surface area contributed by atoms with Crippen LogP contribution in [0.4, 0.5) is 13.2 Å². The van der Waals surface area contributed by atoms with E-state index >= 15 is 0 Å². The predicted molar refractivity (Wildman–Crippen MR) is 72.2 cm³/mol. The van der Waals surface area contributed by atoms with Crippen LogP contribution in [0.2, 0.25) is 0 Å². The van der Waals surface area contributed by atoms with Crippen molar-refractivity contribution < 1.29 is 13.2 Å². The molecule has 102 valence electrons. The first-order valence-corrected chi connectivity index (χ1v) is 7.07. The number of nitrogens with zero attached hydrogens (tertiary/aromatic N) is 1. The molecule has 0 atom stereocenters. The first-order chi connectivity index (χ1) is 8.98. The Morgan fingerprint density at radius 3 is 2.53 bits per heavy atom. The molecular weight excluding hydrogens is 293 g/mol. The van der Waals surface area contributed by atoms with Crippen LogP contribution in [0, 0.1) is 0 Å². The lowest BCUT2D eigenvalue weighted by Crippen LogP contribution is -2.02. The van der Waals surface area contributed by atoms with Gasteiger partial charge in [-0.15, -0.1) is 11.3 Å². The van der Waals surface area contributed by atoms with Crippen LogP contribution >= 0.6 is 23.1 Å². The van der Waals surface area contributed by atoms with Gasteiger partial charge in [-0.05, 0) is 30.9 Å². The van der Waals surface area contributed by atoms with Crippen molar-refractivity contribution in [3.05, 3.63) is 35.3 Å². The highest BCUT2D eigenvalue weighted by molar-refractivity contribution is 8.00. The number of halogens is 3. The topological polar surface area (TPSA) is 24.9 Å². The van der Waals surface area contributed by atoms with Crippen molar-refractivity contribution in [1.29, 1.82) is 0 Å². The van der Waals surface area contributed by atoms with E-state index in [0.29, 0.717) is 0 Å². The zero-order chi connectivity index (χ0) is 13.9. The Labute approximate surface area is 117 Å². The van der Waals surface area contributed by atoms with Gasteiger partial charge in [-0.2, -0.15) is 13.2 Å². The van der Waals surface area contributed by atoms with E-state index in [1.165, 1.54) is 23.5 Å². The van der Waals surface area contributed by atoms with E-state index in [0.717, 1.165) is 22.0 Å². The molecule has 0 bridgehead atoms. The number of benzene rings is 1. The maximum absolute atomic E-state index is 12.2. The van der Waals surface area contributed by atoms with Crippen molar-refractivity contribution in [3.63, 3.8) is 0 Å². The van der Waals surface area contributed by atoms with Crippen LogP contribution in [0.5, 0.6) is 0 Å². The summed E-state index contributed by atoms with van der Waals surface area (Å²) in [6, 6.07) is 6.26. The third-order valence-corrected chi connectivity index (χ3v) is 4.03. The molecule has 1 aromatic carbocycles. The molecule has 0 aliphatic carbocycles. The number of hydrogen-bond acceptors (Lipinski definition) is 4. The molecule has 0 spiro atoms. The molecule has 0 aliphatic heterocycles. The van der Waals surface area contributed by atoms with E-state index in [9.17, 15) is 13.2 Å². The number of alkyl halides is 3. The molecule has 2 nitrogen and oxygen atoms in total. The van der Waals surface area contributed by atoms with Crippen molar-refractivity contribution in [3.8, 4) is 10.6 Å². The van der Waals surface area contributed by atoms with Crippen molar-refractivity contribution in [2.45, 2.75) is 16.9 Å². The second-order valence-electron chi connectivity index (χ2n) is 3.73. The molecule has 0 aliphatic rings. The summed E-state index contributed by atoms with van der Waals surface area (Å²) < 4.78 is 36.6. The lowest BCUT2D eigenvalue weighted by atomic mass is 10.2. The number of rotatable bonds is 4. The van der Waals surface area contributed by atoms with Crippen LogP contribution in [0.25, 0.3) is 10.6 Å². The maximum atomic E-state index is 12.2. The molecule has 1 heterocycles. The lowest BCUT2D eigenvalue weighted by Gasteiger charge is -2.05. The third kappa shape index (κ3) is 4.22. The Morgan fingerprint density at radius 2 is 1.95 bits per heavy atom. The summed E-state index contributed by atoms with van der Waals surface area (Å²) in [7, 11) is 1.85. The number of nitrogens with one attached hydrogen (secondary N) is 1. The second-order valence-corrected chi connectivity index (χ2v) is 5.99. The maximum Gasteiger partial charge on any atom is 0.446 e. The Morgan fingerprint density at radius 1 is 1.26 bits per heavy atom. The largest absolute Gasteiger partial charge is 0.446 e. The third-order valence-electron chi connectivity index (χ3n) is 2.24. The van der Waals surface area contributed by atoms with Crippen LogP contribution in [0.3, 0.4) is 0 Å². The minimum Gasteiger partial charge on any atom is -0.315 e. The second kappa shape index (κ2) is 5.94. The molecule has 0 fully saturated rings. The molecule has 2 aromatic rings. The average Bonchev–Trinajstić information content (AvgIpc) is 2.77. The summed E-state index contributed by atoms with van der Waals surface area (Å²) in [5.41, 5.74) is -3.42. The molecule has 2 rings (SSSR count). The average molecular weight is 304 g/mol. The monoisotopic (exact) mass is 304 g/mol. The van der Waals surface area contributed by atoms with Gasteiger partial charge in [0.25, 0.3) is 0 Å². The van der Waals surface area contributed by atoms with Crippen molar-refractivity contribution in [2.24, 2.45) is 0 Å². The predicted octanol–water partition coefficient (Wildman–Crippen LogP) is 4.14. The molecular formula is C12H11F3N2S2. The standard InChI is InChI=1S/C12H11F3N2S2/c1-16-6-10-7-17-11(18-10)8-2-4-9(5-3-8)19-12(13,14)15/h2-5,7,16H,6H2,1H3. The first kappa shape index (κ1) is 14.4. The fraction of sp³-hybridized carbons (Fsp3) is 0.250. The minimum absolute atomic E-state index is 0.109. The lowest BCUT2D eigenvalue weighted by molar-refractivity contribution is -0.0328. The van der Waals surface area contributed by atoms with Gasteiger partial charge < -0.3 is 5.32 Å². The highest BCUT2D eigenvalue weighted by atomic mass is 32.2. The summed E-state index contributed by atoms with van der Waals surface area (Å²) in [4.78, 5) is 5.53. The van der Waals surface area contributed by atoms with E-state index in [1.807, 2.05) is 7.05 Å². The Hall–Kier alpha value is -1.05. The van der Waals surface area contributed by atoms with E-state index in [2.05, 4.69) is 10.3 Å². The Kier molecular flexibility index (Phi) is 4.49. The van der Waals surface area contributed by atoms with Crippen LogP contribution in [-0.2, 0) is 6.54 Å². The van der Waals surface area contributed by atoms with Crippen molar-refractivity contribution in [1.82, 2.24) is 10.3 Å². The van der Waals surface area contributed by atoms with Crippen LogP contribution in [0.15, 0.2) is 35.4 Å². The SMILES string of the molecule is CNCc1cnc(-c2ccc(SC(F)(F)F)cc2)s1. The van der Waals surface area contributed by atoms with Crippen LogP contribution in [0.1, 0.15) is 4.88 Å². The zero-order valence-electron chi connectivity index (χ0n) is 9.99. The smallest absolute Gasteiger partial charge is 0.315 e. The molecule has 0 saturated carbocycles. The zero-order valence-corrected chi connectivity index (χ0v) is 11.6. The number of thiazole rings is 1. The van der Waals surface area contributed by atoms with Gasteiger partial charge in [0.2, 0.25) is 0 Å². The summed E-state index contributed by atoms with van der Waals surface area (Å²) in [5, 5.41) is 3.84. The van der Waals surface area contributed by atoms with Crippen molar-refractivity contribution in [2.75, 3.05) is 7.05 Å². The summed E-state index contributed by atoms with van der Waals surface area (Å²) >= 11 is 1.42. The Bertz CT molecular complexity index is 535. The van der Waals surface area contributed by atoms with E-state index < -0.39 is 5.51 Å². The molecule has 1 N–H and O–H groups in total. The van der Waals surface area contributed by atoms with Gasteiger partial charge in [-0.25, -0.2) is 4.98 Å². The van der Waals surface area contributed by atoms with Crippen LogP contribution < -0.4 is 5.32 Å². The van der Waals surface area contributed by atoms with Gasteiger partial charge in [0.05, 0.1) is 0 Å². The minimum atomic E-state index is -4.25. The van der Waals surface area contributed by atoms with Gasteiger partial charge in [-0.3, -0.25) is 0 Å². The van der Waals surface area contributed by atoms with E-state index in [1.54, 1.807) is 18.3 Å².